The van der Waals surface area contributed by atoms with E-state index in [1.54, 1.807) is 13.0 Å². The Hall–Kier alpha value is -2.13. The molecule has 0 atom stereocenters. The number of nitrogens with one attached hydrogen (secondary N) is 1. The van der Waals surface area contributed by atoms with Gasteiger partial charge in [-0.05, 0) is 38.2 Å². The zero-order valence-electron chi connectivity index (χ0n) is 12.4. The summed E-state index contributed by atoms with van der Waals surface area (Å²) >= 11 is 1.53. The van der Waals surface area contributed by atoms with Crippen molar-refractivity contribution in [2.24, 2.45) is 0 Å². The molecule has 0 aliphatic heterocycles. The van der Waals surface area contributed by atoms with E-state index in [9.17, 15) is 10.1 Å². The molecule has 1 aliphatic rings. The maximum atomic E-state index is 12.2. The lowest BCUT2D eigenvalue weighted by Crippen LogP contribution is -2.12. The normalized spacial score (nSPS) is 14.5. The van der Waals surface area contributed by atoms with Gasteiger partial charge in [0.15, 0.2) is 5.69 Å². The van der Waals surface area contributed by atoms with Gasteiger partial charge in [-0.3, -0.25) is 4.79 Å². The molecule has 22 heavy (non-hydrogen) atoms. The minimum atomic E-state index is -0.331. The number of carbonyl (C=O) groups is 1. The first-order valence-electron chi connectivity index (χ1n) is 7.48. The quantitative estimate of drug-likeness (QED) is 0.913. The molecule has 0 bridgehead atoms. The van der Waals surface area contributed by atoms with Gasteiger partial charge in [-0.25, -0.2) is 0 Å². The van der Waals surface area contributed by atoms with Gasteiger partial charge >= 0.3 is 0 Å². The van der Waals surface area contributed by atoms with Gasteiger partial charge in [0, 0.05) is 10.9 Å². The number of aryl methyl sites for hydroxylation is 2. The number of aromatic nitrogens is 1. The lowest BCUT2D eigenvalue weighted by molar-refractivity contribution is 0.101. The smallest absolute Gasteiger partial charge is 0.278 e. The van der Waals surface area contributed by atoms with E-state index in [1.807, 2.05) is 0 Å². The third-order valence-electron chi connectivity index (χ3n) is 3.87. The summed E-state index contributed by atoms with van der Waals surface area (Å²) in [6.45, 7) is 1.74. The van der Waals surface area contributed by atoms with Crippen molar-refractivity contribution in [3.63, 3.8) is 0 Å². The zero-order valence-corrected chi connectivity index (χ0v) is 13.3. The first-order valence-corrected chi connectivity index (χ1v) is 8.30. The molecule has 114 valence electrons. The molecule has 0 spiro atoms. The van der Waals surface area contributed by atoms with Crippen molar-refractivity contribution in [2.45, 2.75) is 45.4 Å². The van der Waals surface area contributed by atoms with E-state index in [1.165, 1.54) is 29.1 Å². The molecule has 1 N–H and O–H groups in total. The van der Waals surface area contributed by atoms with E-state index in [4.69, 9.17) is 4.52 Å². The Kier molecular flexibility index (Phi) is 4.25. The van der Waals surface area contributed by atoms with Crippen LogP contribution < -0.4 is 5.32 Å². The van der Waals surface area contributed by atoms with Crippen molar-refractivity contribution < 1.29 is 9.32 Å². The molecule has 0 saturated carbocycles. The second-order valence-corrected chi connectivity index (χ2v) is 6.62. The van der Waals surface area contributed by atoms with Gasteiger partial charge in [-0.2, -0.15) is 5.26 Å². The fourth-order valence-corrected chi connectivity index (χ4v) is 4.00. The van der Waals surface area contributed by atoms with E-state index in [0.717, 1.165) is 31.2 Å². The van der Waals surface area contributed by atoms with Gasteiger partial charge in [-0.1, -0.05) is 18.0 Å². The highest BCUT2D eigenvalue weighted by Crippen LogP contribution is 2.36. The summed E-state index contributed by atoms with van der Waals surface area (Å²) in [6.07, 6.45) is 6.61. The molecule has 2 heterocycles. The van der Waals surface area contributed by atoms with Gasteiger partial charge in [0.25, 0.3) is 5.91 Å². The fourth-order valence-electron chi connectivity index (χ4n) is 2.77. The Morgan fingerprint density at radius 3 is 2.82 bits per heavy atom. The summed E-state index contributed by atoms with van der Waals surface area (Å²) in [5, 5.41) is 16.7. The van der Waals surface area contributed by atoms with Gasteiger partial charge in [0.05, 0.1) is 5.56 Å². The molecule has 0 unspecified atom stereocenters. The number of anilines is 1. The van der Waals surface area contributed by atoms with Crippen molar-refractivity contribution in [1.82, 2.24) is 5.16 Å². The molecule has 0 fully saturated rings. The number of rotatable bonds is 2. The average Bonchev–Trinajstić information content (AvgIpc) is 3.03. The summed E-state index contributed by atoms with van der Waals surface area (Å²) in [6, 6.07) is 3.85. The summed E-state index contributed by atoms with van der Waals surface area (Å²) in [4.78, 5) is 13.4. The Morgan fingerprint density at radius 2 is 2.14 bits per heavy atom. The summed E-state index contributed by atoms with van der Waals surface area (Å²) in [5.74, 6) is 0.256. The van der Waals surface area contributed by atoms with Crippen LogP contribution in [0.3, 0.4) is 0 Å². The molecule has 0 aromatic carbocycles. The Morgan fingerprint density at radius 1 is 1.36 bits per heavy atom. The Bertz CT molecular complexity index is 739. The topological polar surface area (TPSA) is 78.9 Å². The largest absolute Gasteiger partial charge is 0.361 e. The highest BCUT2D eigenvalue weighted by atomic mass is 32.1. The average molecular weight is 315 g/mol. The third-order valence-corrected chi connectivity index (χ3v) is 5.08. The van der Waals surface area contributed by atoms with Crippen LogP contribution in [0.2, 0.25) is 0 Å². The molecule has 1 amide bonds. The van der Waals surface area contributed by atoms with Gasteiger partial charge in [0.2, 0.25) is 0 Å². The second kappa shape index (κ2) is 6.32. The Balaban J connectivity index is 1.89. The molecule has 2 aromatic heterocycles. The zero-order chi connectivity index (χ0) is 15.5. The molecular formula is C16H17N3O2S. The minimum absolute atomic E-state index is 0.238. The second-order valence-electron chi connectivity index (χ2n) is 5.51. The van der Waals surface area contributed by atoms with Crippen LogP contribution in [0.25, 0.3) is 0 Å². The highest BCUT2D eigenvalue weighted by molar-refractivity contribution is 7.16. The maximum absolute atomic E-state index is 12.2. The van der Waals surface area contributed by atoms with Crippen molar-refractivity contribution in [2.75, 3.05) is 5.32 Å². The van der Waals surface area contributed by atoms with Crippen LogP contribution >= 0.6 is 11.3 Å². The van der Waals surface area contributed by atoms with Crippen LogP contribution in [0.5, 0.6) is 0 Å². The van der Waals surface area contributed by atoms with E-state index in [0.29, 0.717) is 16.3 Å². The van der Waals surface area contributed by atoms with Crippen LogP contribution in [0.4, 0.5) is 5.00 Å². The summed E-state index contributed by atoms with van der Waals surface area (Å²) in [7, 11) is 0. The number of nitrogens with zero attached hydrogens (tertiary/aromatic N) is 2. The van der Waals surface area contributed by atoms with E-state index in [-0.39, 0.29) is 11.6 Å². The van der Waals surface area contributed by atoms with Crippen molar-refractivity contribution in [3.05, 3.63) is 33.5 Å². The molecule has 2 aromatic rings. The number of nitriles is 1. The maximum Gasteiger partial charge on any atom is 0.278 e. The Labute approximate surface area is 132 Å². The number of carbonyl (C=O) groups excluding carboxylic acids is 1. The first-order chi connectivity index (χ1) is 10.7. The summed E-state index contributed by atoms with van der Waals surface area (Å²) < 4.78 is 4.92. The molecule has 1 aliphatic carbocycles. The number of fused-ring (bicyclic) bond motifs is 1. The van der Waals surface area contributed by atoms with Crippen LogP contribution in [-0.4, -0.2) is 11.1 Å². The molecule has 5 nitrogen and oxygen atoms in total. The predicted molar refractivity (Wildman–Crippen MR) is 84.1 cm³/mol. The standard InChI is InChI=1S/C16H17N3O2S/c1-10-8-13(19-21-10)15(20)18-16-12(9-17)11-6-4-2-3-5-7-14(11)22-16/h8H,2-7H2,1H3,(H,18,20). The molecular weight excluding hydrogens is 298 g/mol. The fraction of sp³-hybridized carbons (Fsp3) is 0.438. The van der Waals surface area contributed by atoms with Crippen molar-refractivity contribution >= 4 is 22.2 Å². The molecule has 0 saturated heterocycles. The first kappa shape index (κ1) is 14.8. The van der Waals surface area contributed by atoms with E-state index in [2.05, 4.69) is 16.5 Å². The highest BCUT2D eigenvalue weighted by Gasteiger charge is 2.21. The number of hydrogen-bond acceptors (Lipinski definition) is 5. The number of hydrogen-bond donors (Lipinski definition) is 1. The lowest BCUT2D eigenvalue weighted by Gasteiger charge is -2.08. The predicted octanol–water partition coefficient (Wildman–Crippen LogP) is 3.83. The van der Waals surface area contributed by atoms with Crippen LogP contribution in [0, 0.1) is 18.3 Å². The van der Waals surface area contributed by atoms with Gasteiger partial charge in [-0.15, -0.1) is 11.3 Å². The van der Waals surface area contributed by atoms with Crippen LogP contribution in [-0.2, 0) is 12.8 Å². The minimum Gasteiger partial charge on any atom is -0.361 e. The third kappa shape index (κ3) is 2.90. The number of thiophene rings is 1. The van der Waals surface area contributed by atoms with E-state index >= 15 is 0 Å². The van der Waals surface area contributed by atoms with Crippen LogP contribution in [0.15, 0.2) is 10.6 Å². The molecule has 0 radical (unpaired) electrons. The lowest BCUT2D eigenvalue weighted by atomic mass is 9.97. The summed E-state index contributed by atoms with van der Waals surface area (Å²) in [5.41, 5.74) is 1.98. The molecule has 6 heteroatoms. The van der Waals surface area contributed by atoms with Crippen LogP contribution in [0.1, 0.15) is 57.9 Å². The van der Waals surface area contributed by atoms with Crippen molar-refractivity contribution in [1.29, 1.82) is 5.26 Å². The molecule has 3 rings (SSSR count). The van der Waals surface area contributed by atoms with E-state index < -0.39 is 0 Å². The SMILES string of the molecule is Cc1cc(C(=O)Nc2sc3c(c2C#N)CCCCCC3)no1. The van der Waals surface area contributed by atoms with Gasteiger partial charge in [0.1, 0.15) is 16.8 Å². The number of amides is 1. The van der Waals surface area contributed by atoms with Crippen molar-refractivity contribution in [3.8, 4) is 6.07 Å². The van der Waals surface area contributed by atoms with Gasteiger partial charge < -0.3 is 9.84 Å². The monoisotopic (exact) mass is 315 g/mol.